The average Bonchev–Trinajstić information content (AvgIpc) is 2.87. The number of ketones is 2. The van der Waals surface area contributed by atoms with Gasteiger partial charge < -0.3 is 18.9 Å². The SMILES string of the molecule is CCOc1ccc(C(=O)c2ccccc2C(=O)OCc2cc(C(C)=O)ccc2OC)cc1OCC. The summed E-state index contributed by atoms with van der Waals surface area (Å²) in [5.74, 6) is 0.360. The molecule has 0 spiro atoms. The summed E-state index contributed by atoms with van der Waals surface area (Å²) in [5.41, 5.74) is 1.71. The average molecular weight is 477 g/mol. The van der Waals surface area contributed by atoms with Gasteiger partial charge >= 0.3 is 5.97 Å². The molecule has 3 aromatic carbocycles. The van der Waals surface area contributed by atoms with Crippen LogP contribution < -0.4 is 14.2 Å². The highest BCUT2D eigenvalue weighted by molar-refractivity contribution is 6.14. The minimum atomic E-state index is -0.666. The maximum absolute atomic E-state index is 13.3. The Bertz CT molecular complexity index is 1230. The highest BCUT2D eigenvalue weighted by Crippen LogP contribution is 2.30. The van der Waals surface area contributed by atoms with Gasteiger partial charge in [-0.05, 0) is 63.2 Å². The smallest absolute Gasteiger partial charge is 0.339 e. The zero-order valence-corrected chi connectivity index (χ0v) is 20.3. The Morgan fingerprint density at radius 1 is 0.743 bits per heavy atom. The van der Waals surface area contributed by atoms with Crippen LogP contribution in [0.2, 0.25) is 0 Å². The molecular weight excluding hydrogens is 448 g/mol. The normalized spacial score (nSPS) is 10.4. The van der Waals surface area contributed by atoms with Crippen LogP contribution in [0.1, 0.15) is 63.0 Å². The second-order valence-corrected chi connectivity index (χ2v) is 7.56. The summed E-state index contributed by atoms with van der Waals surface area (Å²) >= 11 is 0. The van der Waals surface area contributed by atoms with Gasteiger partial charge in [0, 0.05) is 22.3 Å². The van der Waals surface area contributed by atoms with Crippen molar-refractivity contribution in [2.45, 2.75) is 27.4 Å². The Morgan fingerprint density at radius 3 is 2.03 bits per heavy atom. The van der Waals surface area contributed by atoms with Gasteiger partial charge in [0.1, 0.15) is 12.4 Å². The van der Waals surface area contributed by atoms with E-state index >= 15 is 0 Å². The van der Waals surface area contributed by atoms with Gasteiger partial charge in [0.25, 0.3) is 0 Å². The highest BCUT2D eigenvalue weighted by atomic mass is 16.5. The second-order valence-electron chi connectivity index (χ2n) is 7.56. The van der Waals surface area contributed by atoms with Crippen LogP contribution in [0.4, 0.5) is 0 Å². The number of methoxy groups -OCH3 is 1. The lowest BCUT2D eigenvalue weighted by Gasteiger charge is -2.14. The molecule has 0 saturated carbocycles. The fraction of sp³-hybridized carbons (Fsp3) is 0.250. The number of hydrogen-bond acceptors (Lipinski definition) is 7. The standard InChI is InChI=1S/C28H28O7/c1-5-33-25-14-12-20(16-26(25)34-6-2)27(30)22-9-7-8-10-23(22)28(31)35-17-21-15-19(18(3)29)11-13-24(21)32-4/h7-16H,5-6,17H2,1-4H3. The van der Waals surface area contributed by atoms with Crippen molar-refractivity contribution >= 4 is 17.5 Å². The van der Waals surface area contributed by atoms with E-state index in [0.29, 0.717) is 47.2 Å². The molecule has 0 aromatic heterocycles. The third-order valence-electron chi connectivity index (χ3n) is 5.24. The Balaban J connectivity index is 1.86. The van der Waals surface area contributed by atoms with Gasteiger partial charge in [0.05, 0.1) is 25.9 Å². The highest BCUT2D eigenvalue weighted by Gasteiger charge is 2.21. The van der Waals surface area contributed by atoms with E-state index < -0.39 is 5.97 Å². The van der Waals surface area contributed by atoms with Crippen LogP contribution in [-0.4, -0.2) is 37.9 Å². The predicted molar refractivity (Wildman–Crippen MR) is 131 cm³/mol. The van der Waals surface area contributed by atoms with Crippen LogP contribution in [0, 0.1) is 0 Å². The van der Waals surface area contributed by atoms with Crippen molar-refractivity contribution in [3.05, 3.63) is 88.5 Å². The Labute approximate surface area is 204 Å². The number of carbonyl (C=O) groups is 3. The van der Waals surface area contributed by atoms with Gasteiger partial charge in [-0.3, -0.25) is 9.59 Å². The third kappa shape index (κ3) is 6.06. The molecule has 0 aliphatic heterocycles. The lowest BCUT2D eigenvalue weighted by molar-refractivity contribution is 0.0467. The molecule has 3 rings (SSSR count). The number of rotatable bonds is 11. The van der Waals surface area contributed by atoms with Gasteiger partial charge in [-0.25, -0.2) is 4.79 Å². The molecule has 0 N–H and O–H groups in total. The van der Waals surface area contributed by atoms with Crippen molar-refractivity contribution < 1.29 is 33.3 Å². The summed E-state index contributed by atoms with van der Waals surface area (Å²) in [6.07, 6.45) is 0. The molecule has 7 nitrogen and oxygen atoms in total. The van der Waals surface area contributed by atoms with Crippen molar-refractivity contribution in [1.82, 2.24) is 0 Å². The van der Waals surface area contributed by atoms with Gasteiger partial charge in [0.2, 0.25) is 0 Å². The largest absolute Gasteiger partial charge is 0.496 e. The van der Waals surface area contributed by atoms with E-state index in [0.717, 1.165) is 0 Å². The van der Waals surface area contributed by atoms with Crippen LogP contribution in [0.25, 0.3) is 0 Å². The van der Waals surface area contributed by atoms with E-state index in [-0.39, 0.29) is 29.3 Å². The van der Waals surface area contributed by atoms with Crippen molar-refractivity contribution in [3.8, 4) is 17.2 Å². The summed E-state index contributed by atoms with van der Waals surface area (Å²) in [4.78, 5) is 38.0. The molecule has 3 aromatic rings. The van der Waals surface area contributed by atoms with E-state index in [1.807, 2.05) is 13.8 Å². The van der Waals surface area contributed by atoms with E-state index in [1.165, 1.54) is 20.1 Å². The first kappa shape index (κ1) is 25.5. The molecule has 7 heteroatoms. The van der Waals surface area contributed by atoms with Gasteiger partial charge in [-0.1, -0.05) is 18.2 Å². The molecule has 0 amide bonds. The zero-order chi connectivity index (χ0) is 25.4. The van der Waals surface area contributed by atoms with E-state index in [9.17, 15) is 14.4 Å². The summed E-state index contributed by atoms with van der Waals surface area (Å²) < 4.78 is 22.0. The number of benzene rings is 3. The van der Waals surface area contributed by atoms with Crippen LogP contribution in [0.5, 0.6) is 17.2 Å². The molecule has 35 heavy (non-hydrogen) atoms. The van der Waals surface area contributed by atoms with E-state index in [2.05, 4.69) is 0 Å². The summed E-state index contributed by atoms with van der Waals surface area (Å²) in [6, 6.07) is 16.3. The Kier molecular flexibility index (Phi) is 8.62. The predicted octanol–water partition coefficient (Wildman–Crippen LogP) is 5.28. The maximum Gasteiger partial charge on any atom is 0.339 e. The van der Waals surface area contributed by atoms with Crippen LogP contribution in [-0.2, 0) is 11.3 Å². The molecular formula is C28H28O7. The van der Waals surface area contributed by atoms with Crippen LogP contribution >= 0.6 is 0 Å². The number of Topliss-reactive ketones (excluding diaryl/α,β-unsaturated/α-hetero) is 1. The first-order valence-electron chi connectivity index (χ1n) is 11.3. The van der Waals surface area contributed by atoms with Crippen LogP contribution in [0.3, 0.4) is 0 Å². The molecule has 0 atom stereocenters. The number of ether oxygens (including phenoxy) is 4. The van der Waals surface area contributed by atoms with Crippen molar-refractivity contribution in [2.24, 2.45) is 0 Å². The van der Waals surface area contributed by atoms with Crippen molar-refractivity contribution in [1.29, 1.82) is 0 Å². The number of esters is 1. The molecule has 0 aliphatic carbocycles. The summed E-state index contributed by atoms with van der Waals surface area (Å²) in [5, 5.41) is 0. The topological polar surface area (TPSA) is 88.1 Å². The van der Waals surface area contributed by atoms with Crippen molar-refractivity contribution in [2.75, 3.05) is 20.3 Å². The fourth-order valence-electron chi connectivity index (χ4n) is 3.54. The quantitative estimate of drug-likeness (QED) is 0.275. The molecule has 0 saturated heterocycles. The zero-order valence-electron chi connectivity index (χ0n) is 20.3. The molecule has 0 unspecified atom stereocenters. The second kappa shape index (κ2) is 11.8. The van der Waals surface area contributed by atoms with Crippen molar-refractivity contribution in [3.63, 3.8) is 0 Å². The summed E-state index contributed by atoms with van der Waals surface area (Å²) in [7, 11) is 1.50. The molecule has 0 bridgehead atoms. The molecule has 0 heterocycles. The lowest BCUT2D eigenvalue weighted by Crippen LogP contribution is -2.13. The van der Waals surface area contributed by atoms with Gasteiger partial charge in [-0.15, -0.1) is 0 Å². The maximum atomic E-state index is 13.3. The molecule has 0 fully saturated rings. The van der Waals surface area contributed by atoms with E-state index in [4.69, 9.17) is 18.9 Å². The van der Waals surface area contributed by atoms with Gasteiger partial charge in [0.15, 0.2) is 23.1 Å². The number of hydrogen-bond donors (Lipinski definition) is 0. The number of carbonyl (C=O) groups excluding carboxylic acids is 3. The van der Waals surface area contributed by atoms with Gasteiger partial charge in [-0.2, -0.15) is 0 Å². The van der Waals surface area contributed by atoms with E-state index in [1.54, 1.807) is 54.6 Å². The summed E-state index contributed by atoms with van der Waals surface area (Å²) in [6.45, 7) is 5.91. The molecule has 182 valence electrons. The van der Waals surface area contributed by atoms with Crippen LogP contribution in [0.15, 0.2) is 60.7 Å². The Morgan fingerprint density at radius 2 is 1.37 bits per heavy atom. The minimum Gasteiger partial charge on any atom is -0.496 e. The molecule has 0 aliphatic rings. The fourth-order valence-corrected chi connectivity index (χ4v) is 3.54. The lowest BCUT2D eigenvalue weighted by atomic mass is 9.98. The third-order valence-corrected chi connectivity index (χ3v) is 5.24. The first-order valence-corrected chi connectivity index (χ1v) is 11.3. The molecule has 0 radical (unpaired) electrons. The first-order chi connectivity index (χ1) is 16.9. The Hall–Kier alpha value is -4.13. The minimum absolute atomic E-state index is 0.113. The monoisotopic (exact) mass is 476 g/mol.